The summed E-state index contributed by atoms with van der Waals surface area (Å²) in [6.45, 7) is 1.80. The molecule has 1 aromatic rings. The molecule has 0 bridgehead atoms. The zero-order valence-electron chi connectivity index (χ0n) is 12.5. The van der Waals surface area contributed by atoms with Gasteiger partial charge in [-0.05, 0) is 37.3 Å². The van der Waals surface area contributed by atoms with Gasteiger partial charge >= 0.3 is 7.12 Å². The summed E-state index contributed by atoms with van der Waals surface area (Å²) in [6.07, 6.45) is 4.47. The molecule has 1 atom stereocenters. The van der Waals surface area contributed by atoms with Crippen molar-refractivity contribution in [3.05, 3.63) is 29.3 Å². The van der Waals surface area contributed by atoms with Gasteiger partial charge in [0, 0.05) is 18.2 Å². The number of aryl methyl sites for hydroxylation is 1. The standard InChI is InChI=1S/C16H23BO4/c1-11-5-4-8-13(16(11)19)9-14(17(20)21)10-15(18)12-6-2-3-7-12/h4-5,8,12,14,19-21H,2-3,6-7,9-10H2,1H3. The lowest BCUT2D eigenvalue weighted by atomic mass is 9.66. The van der Waals surface area contributed by atoms with E-state index in [1.165, 1.54) is 0 Å². The van der Waals surface area contributed by atoms with Gasteiger partial charge in [0.15, 0.2) is 0 Å². The smallest absolute Gasteiger partial charge is 0.455 e. The van der Waals surface area contributed by atoms with Crippen molar-refractivity contribution >= 4 is 12.9 Å². The minimum Gasteiger partial charge on any atom is -0.507 e. The van der Waals surface area contributed by atoms with E-state index in [2.05, 4.69) is 0 Å². The number of para-hydroxylation sites is 1. The first-order chi connectivity index (χ1) is 9.99. The van der Waals surface area contributed by atoms with E-state index in [-0.39, 0.29) is 23.9 Å². The summed E-state index contributed by atoms with van der Waals surface area (Å²) >= 11 is 0. The van der Waals surface area contributed by atoms with Crippen molar-refractivity contribution in [1.82, 2.24) is 0 Å². The second-order valence-corrected chi connectivity index (χ2v) is 6.11. The highest BCUT2D eigenvalue weighted by atomic mass is 16.4. The van der Waals surface area contributed by atoms with Gasteiger partial charge in [0.2, 0.25) is 0 Å². The Labute approximate surface area is 126 Å². The fraction of sp³-hybridized carbons (Fsp3) is 0.562. The molecule has 1 aliphatic rings. The molecular weight excluding hydrogens is 267 g/mol. The third kappa shape index (κ3) is 4.08. The predicted molar refractivity (Wildman–Crippen MR) is 82.1 cm³/mol. The van der Waals surface area contributed by atoms with Crippen LogP contribution >= 0.6 is 0 Å². The number of Topliss-reactive ketones (excluding diaryl/α,β-unsaturated/α-hetero) is 1. The van der Waals surface area contributed by atoms with Gasteiger partial charge in [-0.1, -0.05) is 31.0 Å². The molecule has 5 heteroatoms. The molecule has 1 aliphatic carbocycles. The van der Waals surface area contributed by atoms with E-state index >= 15 is 0 Å². The average molecular weight is 290 g/mol. The van der Waals surface area contributed by atoms with Crippen LogP contribution in [-0.4, -0.2) is 28.1 Å². The maximum Gasteiger partial charge on any atom is 0.455 e. The number of hydrogen-bond acceptors (Lipinski definition) is 4. The largest absolute Gasteiger partial charge is 0.507 e. The molecule has 0 aliphatic heterocycles. The van der Waals surface area contributed by atoms with E-state index in [9.17, 15) is 19.9 Å². The van der Waals surface area contributed by atoms with Crippen molar-refractivity contribution in [2.75, 3.05) is 0 Å². The van der Waals surface area contributed by atoms with E-state index in [1.807, 2.05) is 6.07 Å². The van der Waals surface area contributed by atoms with Crippen molar-refractivity contribution in [3.63, 3.8) is 0 Å². The molecule has 2 rings (SSSR count). The van der Waals surface area contributed by atoms with Crippen molar-refractivity contribution in [2.24, 2.45) is 5.92 Å². The number of phenolic OH excluding ortho intramolecular Hbond substituents is 1. The Bertz CT molecular complexity index is 495. The molecule has 1 fully saturated rings. The number of ketones is 1. The zero-order chi connectivity index (χ0) is 15.4. The Hall–Kier alpha value is -1.33. The lowest BCUT2D eigenvalue weighted by molar-refractivity contribution is -0.122. The van der Waals surface area contributed by atoms with E-state index in [1.54, 1.807) is 19.1 Å². The van der Waals surface area contributed by atoms with Gasteiger partial charge in [-0.3, -0.25) is 4.79 Å². The van der Waals surface area contributed by atoms with E-state index in [0.717, 1.165) is 31.2 Å². The summed E-state index contributed by atoms with van der Waals surface area (Å²) in [5.41, 5.74) is 1.41. The molecule has 0 saturated heterocycles. The van der Waals surface area contributed by atoms with Crippen LogP contribution in [0.3, 0.4) is 0 Å². The molecule has 0 spiro atoms. The molecule has 4 nitrogen and oxygen atoms in total. The Morgan fingerprint density at radius 3 is 2.62 bits per heavy atom. The SMILES string of the molecule is Cc1cccc(CC(CC(=O)C2CCCC2)B(O)O)c1O. The van der Waals surface area contributed by atoms with Crippen LogP contribution in [0.15, 0.2) is 18.2 Å². The summed E-state index contributed by atoms with van der Waals surface area (Å²) in [5.74, 6) is -0.183. The number of benzene rings is 1. The predicted octanol–water partition coefficient (Wildman–Crippen LogP) is 2.24. The molecule has 21 heavy (non-hydrogen) atoms. The average Bonchev–Trinajstić information content (AvgIpc) is 2.96. The first kappa shape index (κ1) is 16.1. The van der Waals surface area contributed by atoms with Crippen LogP contribution in [0.2, 0.25) is 5.82 Å². The van der Waals surface area contributed by atoms with Crippen LogP contribution in [0.1, 0.15) is 43.2 Å². The number of hydrogen-bond donors (Lipinski definition) is 3. The Morgan fingerprint density at radius 1 is 1.33 bits per heavy atom. The second-order valence-electron chi connectivity index (χ2n) is 6.11. The molecule has 1 unspecified atom stereocenters. The fourth-order valence-electron chi connectivity index (χ4n) is 3.12. The van der Waals surface area contributed by atoms with E-state index in [0.29, 0.717) is 12.0 Å². The minimum absolute atomic E-state index is 0.0809. The number of rotatable bonds is 6. The van der Waals surface area contributed by atoms with Gasteiger partial charge < -0.3 is 15.2 Å². The van der Waals surface area contributed by atoms with Gasteiger partial charge in [0.25, 0.3) is 0 Å². The highest BCUT2D eigenvalue weighted by Crippen LogP contribution is 2.32. The molecule has 1 aromatic carbocycles. The third-order valence-electron chi connectivity index (χ3n) is 4.50. The first-order valence-corrected chi connectivity index (χ1v) is 7.65. The van der Waals surface area contributed by atoms with Crippen LogP contribution in [-0.2, 0) is 11.2 Å². The second kappa shape index (κ2) is 7.10. The number of carbonyl (C=O) groups excluding carboxylic acids is 1. The quantitative estimate of drug-likeness (QED) is 0.702. The molecule has 0 heterocycles. The van der Waals surface area contributed by atoms with Crippen LogP contribution in [0.25, 0.3) is 0 Å². The highest BCUT2D eigenvalue weighted by molar-refractivity contribution is 6.43. The van der Waals surface area contributed by atoms with Gasteiger partial charge in [-0.15, -0.1) is 0 Å². The summed E-state index contributed by atoms with van der Waals surface area (Å²) in [5, 5.41) is 29.1. The van der Waals surface area contributed by atoms with Crippen LogP contribution < -0.4 is 0 Å². The lowest BCUT2D eigenvalue weighted by Crippen LogP contribution is -2.26. The summed E-state index contributed by atoms with van der Waals surface area (Å²) in [6, 6.07) is 5.38. The number of aromatic hydroxyl groups is 1. The number of carbonyl (C=O) groups is 1. The maximum absolute atomic E-state index is 12.2. The normalized spacial score (nSPS) is 16.9. The maximum atomic E-state index is 12.2. The molecule has 0 radical (unpaired) electrons. The van der Waals surface area contributed by atoms with Gasteiger partial charge in [-0.2, -0.15) is 0 Å². The van der Waals surface area contributed by atoms with Crippen LogP contribution in [0.5, 0.6) is 5.75 Å². The van der Waals surface area contributed by atoms with E-state index < -0.39 is 12.9 Å². The van der Waals surface area contributed by atoms with Crippen LogP contribution in [0, 0.1) is 12.8 Å². The highest BCUT2D eigenvalue weighted by Gasteiger charge is 2.31. The number of phenols is 1. The summed E-state index contributed by atoms with van der Waals surface area (Å²) in [7, 11) is -1.55. The Morgan fingerprint density at radius 2 is 2.00 bits per heavy atom. The third-order valence-corrected chi connectivity index (χ3v) is 4.50. The van der Waals surface area contributed by atoms with Crippen molar-refractivity contribution in [2.45, 2.75) is 51.3 Å². The molecular formula is C16H23BO4. The van der Waals surface area contributed by atoms with Gasteiger partial charge in [0.05, 0.1) is 0 Å². The molecule has 0 aromatic heterocycles. The monoisotopic (exact) mass is 290 g/mol. The van der Waals surface area contributed by atoms with Crippen LogP contribution in [0.4, 0.5) is 0 Å². The molecule has 3 N–H and O–H groups in total. The summed E-state index contributed by atoms with van der Waals surface area (Å²) in [4.78, 5) is 12.2. The molecule has 0 amide bonds. The van der Waals surface area contributed by atoms with Crippen molar-refractivity contribution in [3.8, 4) is 5.75 Å². The minimum atomic E-state index is -1.55. The zero-order valence-corrected chi connectivity index (χ0v) is 12.5. The molecule has 1 saturated carbocycles. The Balaban J connectivity index is 2.05. The molecule has 114 valence electrons. The first-order valence-electron chi connectivity index (χ1n) is 7.65. The van der Waals surface area contributed by atoms with Gasteiger partial charge in [-0.25, -0.2) is 0 Å². The fourth-order valence-corrected chi connectivity index (χ4v) is 3.12. The van der Waals surface area contributed by atoms with E-state index in [4.69, 9.17) is 0 Å². The van der Waals surface area contributed by atoms with Gasteiger partial charge in [0.1, 0.15) is 11.5 Å². The van der Waals surface area contributed by atoms with Crippen molar-refractivity contribution in [1.29, 1.82) is 0 Å². The lowest BCUT2D eigenvalue weighted by Gasteiger charge is -2.18. The Kier molecular flexibility index (Phi) is 5.42. The summed E-state index contributed by atoms with van der Waals surface area (Å²) < 4.78 is 0. The topological polar surface area (TPSA) is 77.8 Å². The van der Waals surface area contributed by atoms with Crippen molar-refractivity contribution < 1.29 is 19.9 Å².